The molecule has 0 saturated carbocycles. The largest absolute Gasteiger partial charge is 1.00 e. The van der Waals surface area contributed by atoms with Crippen LogP contribution in [0.4, 0.5) is 0 Å². The van der Waals surface area contributed by atoms with Gasteiger partial charge in [-0.2, -0.15) is 0 Å². The minimum Gasteiger partial charge on any atom is -1.00 e. The fourth-order valence-electron chi connectivity index (χ4n) is 2.76. The molecular weight excluding hydrogens is 349 g/mol. The summed E-state index contributed by atoms with van der Waals surface area (Å²) in [7, 11) is 0. The second kappa shape index (κ2) is 15.0. The molecule has 0 aliphatic carbocycles. The van der Waals surface area contributed by atoms with E-state index in [1.807, 2.05) is 0 Å². The molecule has 0 heterocycles. The number of rotatable bonds is 13. The van der Waals surface area contributed by atoms with Crippen LogP contribution < -0.4 is 24.0 Å². The topological polar surface area (TPSA) is 20.2 Å². The third kappa shape index (κ3) is 11.0. The maximum Gasteiger partial charge on any atom is 0.0808 e. The summed E-state index contributed by atoms with van der Waals surface area (Å²) in [6.45, 7) is 12.3. The van der Waals surface area contributed by atoms with E-state index in [9.17, 15) is 0 Å². The van der Waals surface area contributed by atoms with Crippen molar-refractivity contribution in [2.75, 3.05) is 32.8 Å². The monoisotopic (exact) mass is 385 g/mol. The molecule has 19 heavy (non-hydrogen) atoms. The van der Waals surface area contributed by atoms with Crippen LogP contribution in [0.1, 0.15) is 72.1 Å². The molecule has 0 atom stereocenters. The maximum absolute atomic E-state index is 9.14. The second-order valence-electron chi connectivity index (χ2n) is 5.73. The van der Waals surface area contributed by atoms with Gasteiger partial charge in [0, 0.05) is 13.0 Å². The molecule has 0 saturated heterocycles. The van der Waals surface area contributed by atoms with E-state index in [1.165, 1.54) is 75.6 Å². The van der Waals surface area contributed by atoms with Crippen LogP contribution in [0.2, 0.25) is 0 Å². The lowest BCUT2D eigenvalue weighted by atomic mass is 10.1. The van der Waals surface area contributed by atoms with Gasteiger partial charge in [-0.25, -0.2) is 0 Å². The van der Waals surface area contributed by atoms with Gasteiger partial charge >= 0.3 is 0 Å². The van der Waals surface area contributed by atoms with Crippen molar-refractivity contribution in [1.82, 2.24) is 0 Å². The van der Waals surface area contributed by atoms with Crippen LogP contribution in [0.3, 0.4) is 0 Å². The van der Waals surface area contributed by atoms with Crippen LogP contribution >= 0.6 is 0 Å². The predicted octanol–water partition coefficient (Wildman–Crippen LogP) is 0.980. The number of quaternary nitrogens is 1. The Morgan fingerprint density at radius 1 is 0.632 bits per heavy atom. The van der Waals surface area contributed by atoms with Crippen molar-refractivity contribution in [3.63, 3.8) is 0 Å². The van der Waals surface area contributed by atoms with Gasteiger partial charge in [-0.05, 0) is 25.7 Å². The van der Waals surface area contributed by atoms with E-state index in [1.54, 1.807) is 0 Å². The molecule has 0 aliphatic heterocycles. The van der Waals surface area contributed by atoms with Crippen LogP contribution in [0, 0.1) is 0 Å². The highest BCUT2D eigenvalue weighted by Crippen LogP contribution is 2.16. The fraction of sp³-hybridized carbons (Fsp3) is 1.00. The van der Waals surface area contributed by atoms with Crippen LogP contribution in [-0.4, -0.2) is 42.4 Å². The summed E-state index contributed by atoms with van der Waals surface area (Å²) in [6, 6.07) is 0. The highest BCUT2D eigenvalue weighted by molar-refractivity contribution is 4.50. The van der Waals surface area contributed by atoms with Crippen molar-refractivity contribution in [2.45, 2.75) is 72.1 Å². The third-order valence-corrected chi connectivity index (χ3v) is 4.00. The van der Waals surface area contributed by atoms with Crippen molar-refractivity contribution in [3.05, 3.63) is 0 Å². The molecule has 0 bridgehead atoms. The first-order valence-corrected chi connectivity index (χ1v) is 8.20. The summed E-state index contributed by atoms with van der Waals surface area (Å²) in [5.41, 5.74) is 0. The molecule has 0 aromatic heterocycles. The molecule has 0 unspecified atom stereocenters. The minimum absolute atomic E-state index is 0. The Bertz CT molecular complexity index is 154. The van der Waals surface area contributed by atoms with Crippen LogP contribution in [0.15, 0.2) is 0 Å². The highest BCUT2D eigenvalue weighted by atomic mass is 127. The van der Waals surface area contributed by atoms with E-state index in [4.69, 9.17) is 5.11 Å². The smallest absolute Gasteiger partial charge is 0.0808 e. The Balaban J connectivity index is 0. The second-order valence-corrected chi connectivity index (χ2v) is 5.73. The lowest BCUT2D eigenvalue weighted by Crippen LogP contribution is -3.00. The van der Waals surface area contributed by atoms with Crippen LogP contribution in [0.25, 0.3) is 0 Å². The Labute approximate surface area is 138 Å². The van der Waals surface area contributed by atoms with Crippen LogP contribution in [-0.2, 0) is 0 Å². The van der Waals surface area contributed by atoms with Crippen LogP contribution in [0.5, 0.6) is 0 Å². The Morgan fingerprint density at radius 2 is 1.05 bits per heavy atom. The molecule has 0 aromatic carbocycles. The zero-order valence-corrected chi connectivity index (χ0v) is 15.6. The van der Waals surface area contributed by atoms with Gasteiger partial charge in [0.25, 0.3) is 0 Å². The summed E-state index contributed by atoms with van der Waals surface area (Å²) in [5, 5.41) is 9.14. The van der Waals surface area contributed by atoms with Gasteiger partial charge in [0.15, 0.2) is 0 Å². The van der Waals surface area contributed by atoms with E-state index >= 15 is 0 Å². The molecule has 0 aliphatic rings. The maximum atomic E-state index is 9.14. The molecule has 0 amide bonds. The Kier molecular flexibility index (Phi) is 17.4. The quantitative estimate of drug-likeness (QED) is 0.285. The van der Waals surface area contributed by atoms with Crippen molar-refractivity contribution < 1.29 is 33.6 Å². The fourth-order valence-corrected chi connectivity index (χ4v) is 2.76. The normalized spacial score (nSPS) is 11.4. The first-order valence-electron chi connectivity index (χ1n) is 8.20. The number of halogens is 1. The van der Waals surface area contributed by atoms with Gasteiger partial charge in [-0.15, -0.1) is 0 Å². The van der Waals surface area contributed by atoms with Crippen molar-refractivity contribution in [3.8, 4) is 0 Å². The molecule has 0 rings (SSSR count). The van der Waals surface area contributed by atoms with E-state index in [2.05, 4.69) is 20.8 Å². The lowest BCUT2D eigenvalue weighted by Gasteiger charge is -2.39. The third-order valence-electron chi connectivity index (χ3n) is 4.00. The molecule has 3 heteroatoms. The number of hydrogen-bond acceptors (Lipinski definition) is 1. The molecule has 0 aromatic rings. The van der Waals surface area contributed by atoms with E-state index < -0.39 is 0 Å². The van der Waals surface area contributed by atoms with Gasteiger partial charge in [-0.1, -0.05) is 40.0 Å². The van der Waals surface area contributed by atoms with E-state index in [0.29, 0.717) is 6.61 Å². The number of hydrogen-bond donors (Lipinski definition) is 1. The van der Waals surface area contributed by atoms with E-state index in [0.717, 1.165) is 6.42 Å². The first-order chi connectivity index (χ1) is 8.74. The molecule has 0 radical (unpaired) electrons. The number of nitrogens with zero attached hydrogens (tertiary/aromatic N) is 1. The number of aliphatic hydroxyl groups excluding tert-OH is 1. The average molecular weight is 385 g/mol. The summed E-state index contributed by atoms with van der Waals surface area (Å²) < 4.78 is 1.27. The predicted molar refractivity (Wildman–Crippen MR) is 80.8 cm³/mol. The van der Waals surface area contributed by atoms with Gasteiger partial charge < -0.3 is 33.6 Å². The SMILES string of the molecule is CCCCC[N+](CCCC)(CCCC)CCCO.[I-]. The standard InChI is InChI=1S/C16H36NO.HI/c1-4-7-10-14-17(12-8-5-2,13-9-6-3)15-11-16-18;/h18H,4-16H2,1-3H3;1H/q+1;/p-1. The summed E-state index contributed by atoms with van der Waals surface area (Å²) in [4.78, 5) is 0. The minimum atomic E-state index is 0. The average Bonchev–Trinajstić information content (AvgIpc) is 2.40. The van der Waals surface area contributed by atoms with Gasteiger partial charge in [0.1, 0.15) is 0 Å². The summed E-state index contributed by atoms with van der Waals surface area (Å²) in [6.07, 6.45) is 10.2. The Hall–Kier alpha value is 0.650. The number of aliphatic hydroxyl groups is 1. The molecule has 0 spiro atoms. The Morgan fingerprint density at radius 3 is 1.47 bits per heavy atom. The van der Waals surface area contributed by atoms with E-state index in [-0.39, 0.29) is 24.0 Å². The molecule has 118 valence electrons. The van der Waals surface area contributed by atoms with Crippen molar-refractivity contribution in [1.29, 1.82) is 0 Å². The summed E-state index contributed by atoms with van der Waals surface area (Å²) in [5.74, 6) is 0. The molecular formula is C16H36INO. The zero-order valence-electron chi connectivity index (χ0n) is 13.5. The van der Waals surface area contributed by atoms with Gasteiger partial charge in [-0.3, -0.25) is 0 Å². The molecule has 2 nitrogen and oxygen atoms in total. The zero-order chi connectivity index (χ0) is 13.7. The first kappa shape index (κ1) is 21.9. The van der Waals surface area contributed by atoms with Gasteiger partial charge in [0.2, 0.25) is 0 Å². The lowest BCUT2D eigenvalue weighted by molar-refractivity contribution is -0.929. The number of unbranched alkanes of at least 4 members (excludes halogenated alkanes) is 4. The van der Waals surface area contributed by atoms with Crippen molar-refractivity contribution in [2.24, 2.45) is 0 Å². The highest BCUT2D eigenvalue weighted by Gasteiger charge is 2.24. The van der Waals surface area contributed by atoms with Crippen molar-refractivity contribution >= 4 is 0 Å². The van der Waals surface area contributed by atoms with Gasteiger partial charge in [0.05, 0.1) is 26.2 Å². The summed E-state index contributed by atoms with van der Waals surface area (Å²) >= 11 is 0. The molecule has 1 N–H and O–H groups in total. The molecule has 0 fully saturated rings.